The minimum Gasteiger partial charge on any atom is -0.493 e. The highest BCUT2D eigenvalue weighted by Crippen LogP contribution is 2.32. The van der Waals surface area contributed by atoms with E-state index < -0.39 is 0 Å². The number of fused-ring (bicyclic) bond motifs is 1. The van der Waals surface area contributed by atoms with Crippen molar-refractivity contribution in [2.24, 2.45) is 11.8 Å². The molecule has 0 radical (unpaired) electrons. The Morgan fingerprint density at radius 1 is 1.21 bits per heavy atom. The summed E-state index contributed by atoms with van der Waals surface area (Å²) in [5.74, 6) is 1.70. The van der Waals surface area contributed by atoms with E-state index in [1.165, 1.54) is 26.3 Å². The van der Waals surface area contributed by atoms with Crippen molar-refractivity contribution in [2.75, 3.05) is 40.3 Å². The lowest BCUT2D eigenvalue weighted by atomic mass is 10.0. The zero-order chi connectivity index (χ0) is 13.4. The van der Waals surface area contributed by atoms with Crippen LogP contribution in [0.3, 0.4) is 0 Å². The number of para-hydroxylation sites is 1. The average molecular weight is 264 g/mol. The first-order chi connectivity index (χ1) is 9.17. The Kier molecular flexibility index (Phi) is 3.46. The molecule has 0 aliphatic carbocycles. The summed E-state index contributed by atoms with van der Waals surface area (Å²) < 4.78 is 18.8. The average Bonchev–Trinajstić information content (AvgIpc) is 2.86. The highest BCUT2D eigenvalue weighted by molar-refractivity contribution is 5.34. The Labute approximate surface area is 114 Å². The first-order valence-corrected chi connectivity index (χ1v) is 6.89. The normalized spacial score (nSPS) is 27.7. The fourth-order valence-corrected chi connectivity index (χ4v) is 3.60. The number of rotatable bonds is 3. The third kappa shape index (κ3) is 2.47. The topological polar surface area (TPSA) is 15.7 Å². The molecular weight excluding hydrogens is 243 g/mol. The molecule has 0 spiro atoms. The quantitative estimate of drug-likeness (QED) is 0.828. The smallest absolute Gasteiger partial charge is 0.165 e. The second-order valence-corrected chi connectivity index (χ2v) is 5.87. The summed E-state index contributed by atoms with van der Waals surface area (Å²) in [6.45, 7) is 5.42. The van der Waals surface area contributed by atoms with Crippen molar-refractivity contribution in [3.63, 3.8) is 0 Å². The summed E-state index contributed by atoms with van der Waals surface area (Å²) in [5.41, 5.74) is 0.954. The summed E-state index contributed by atoms with van der Waals surface area (Å²) in [6.07, 6.45) is 0. The Bertz CT molecular complexity index is 451. The lowest BCUT2D eigenvalue weighted by Gasteiger charge is -2.20. The number of methoxy groups -OCH3 is 1. The molecule has 1 aromatic carbocycles. The standard InChI is InChI=1S/C15H21FN2O/c1-17-6-12-9-18(10-13(12)7-17)8-11-4-3-5-14(16)15(11)19-2/h3-5,12-13H,6-10H2,1-2H3/t12-,13+. The highest BCUT2D eigenvalue weighted by atomic mass is 19.1. The molecule has 4 heteroatoms. The van der Waals surface area contributed by atoms with Crippen molar-refractivity contribution in [3.8, 4) is 5.75 Å². The summed E-state index contributed by atoms with van der Waals surface area (Å²) in [6, 6.07) is 5.18. The lowest BCUT2D eigenvalue weighted by Crippen LogP contribution is -2.26. The number of likely N-dealkylation sites (tertiary alicyclic amines) is 2. The molecular formula is C15H21FN2O. The van der Waals surface area contributed by atoms with Crippen LogP contribution in [0.15, 0.2) is 18.2 Å². The molecule has 2 saturated heterocycles. The SMILES string of the molecule is COc1c(F)cccc1CN1C[C@H]2CN(C)C[C@H]2C1. The third-order valence-corrected chi connectivity index (χ3v) is 4.39. The van der Waals surface area contributed by atoms with E-state index in [1.54, 1.807) is 6.07 Å². The van der Waals surface area contributed by atoms with Crippen LogP contribution in [0.1, 0.15) is 5.56 Å². The fourth-order valence-electron chi connectivity index (χ4n) is 3.60. The van der Waals surface area contributed by atoms with Crippen molar-refractivity contribution < 1.29 is 9.13 Å². The molecule has 2 heterocycles. The molecule has 2 aliphatic rings. The van der Waals surface area contributed by atoms with Gasteiger partial charge in [-0.1, -0.05) is 12.1 Å². The van der Waals surface area contributed by atoms with Gasteiger partial charge in [0.15, 0.2) is 11.6 Å². The molecule has 0 amide bonds. The molecule has 0 saturated carbocycles. The molecule has 0 aromatic heterocycles. The Morgan fingerprint density at radius 2 is 1.89 bits per heavy atom. The van der Waals surface area contributed by atoms with Gasteiger partial charge < -0.3 is 9.64 Å². The number of benzene rings is 1. The first kappa shape index (κ1) is 12.9. The van der Waals surface area contributed by atoms with Gasteiger partial charge in [0.1, 0.15) is 0 Å². The van der Waals surface area contributed by atoms with E-state index >= 15 is 0 Å². The highest BCUT2D eigenvalue weighted by Gasteiger charge is 2.38. The molecule has 0 unspecified atom stereocenters. The molecule has 3 nitrogen and oxygen atoms in total. The maximum atomic E-state index is 13.7. The summed E-state index contributed by atoms with van der Waals surface area (Å²) >= 11 is 0. The van der Waals surface area contributed by atoms with Crippen LogP contribution in [0, 0.1) is 17.7 Å². The van der Waals surface area contributed by atoms with Crippen molar-refractivity contribution in [1.82, 2.24) is 9.80 Å². The van der Waals surface area contributed by atoms with Gasteiger partial charge in [-0.3, -0.25) is 4.90 Å². The lowest BCUT2D eigenvalue weighted by molar-refractivity contribution is 0.267. The molecule has 104 valence electrons. The van der Waals surface area contributed by atoms with Crippen LogP contribution in [-0.4, -0.2) is 50.1 Å². The van der Waals surface area contributed by atoms with Gasteiger partial charge in [0, 0.05) is 38.3 Å². The number of nitrogens with zero attached hydrogens (tertiary/aromatic N) is 2. The van der Waals surface area contributed by atoms with Crippen LogP contribution < -0.4 is 4.74 Å². The Morgan fingerprint density at radius 3 is 2.53 bits per heavy atom. The fraction of sp³-hybridized carbons (Fsp3) is 0.600. The van der Waals surface area contributed by atoms with Crippen molar-refractivity contribution >= 4 is 0 Å². The van der Waals surface area contributed by atoms with Crippen molar-refractivity contribution in [3.05, 3.63) is 29.6 Å². The van der Waals surface area contributed by atoms with Crippen LogP contribution >= 0.6 is 0 Å². The minimum atomic E-state index is -0.265. The van der Waals surface area contributed by atoms with E-state index in [2.05, 4.69) is 16.8 Å². The van der Waals surface area contributed by atoms with Gasteiger partial charge in [-0.15, -0.1) is 0 Å². The summed E-state index contributed by atoms with van der Waals surface area (Å²) in [7, 11) is 3.73. The Balaban J connectivity index is 1.69. The van der Waals surface area contributed by atoms with Crippen molar-refractivity contribution in [1.29, 1.82) is 0 Å². The Hall–Kier alpha value is -1.13. The molecule has 1 aromatic rings. The van der Waals surface area contributed by atoms with Gasteiger partial charge in [-0.25, -0.2) is 4.39 Å². The summed E-state index contributed by atoms with van der Waals surface area (Å²) in [4.78, 5) is 4.84. The van der Waals surface area contributed by atoms with Crippen molar-refractivity contribution in [2.45, 2.75) is 6.54 Å². The number of halogens is 1. The van der Waals surface area contributed by atoms with Gasteiger partial charge in [0.2, 0.25) is 0 Å². The predicted molar refractivity (Wildman–Crippen MR) is 72.7 cm³/mol. The van der Waals surface area contributed by atoms with E-state index in [0.717, 1.165) is 37.0 Å². The van der Waals surface area contributed by atoms with E-state index in [1.807, 2.05) is 6.07 Å². The summed E-state index contributed by atoms with van der Waals surface area (Å²) in [5, 5.41) is 0. The van der Waals surface area contributed by atoms with Crippen LogP contribution in [0.5, 0.6) is 5.75 Å². The predicted octanol–water partition coefficient (Wildman–Crippen LogP) is 1.83. The number of hydrogen-bond acceptors (Lipinski definition) is 3. The first-order valence-electron chi connectivity index (χ1n) is 6.89. The molecule has 2 atom stereocenters. The molecule has 3 rings (SSSR count). The third-order valence-electron chi connectivity index (χ3n) is 4.39. The van der Waals surface area contributed by atoms with E-state index in [0.29, 0.717) is 5.75 Å². The van der Waals surface area contributed by atoms with Crippen LogP contribution in [-0.2, 0) is 6.54 Å². The largest absolute Gasteiger partial charge is 0.493 e. The van der Waals surface area contributed by atoms with Gasteiger partial charge in [-0.05, 0) is 24.9 Å². The van der Waals surface area contributed by atoms with E-state index in [9.17, 15) is 4.39 Å². The molecule has 19 heavy (non-hydrogen) atoms. The van der Waals surface area contributed by atoms with E-state index in [-0.39, 0.29) is 5.82 Å². The van der Waals surface area contributed by atoms with Gasteiger partial charge in [0.05, 0.1) is 7.11 Å². The number of hydrogen-bond donors (Lipinski definition) is 0. The second kappa shape index (κ2) is 5.10. The molecule has 0 N–H and O–H groups in total. The zero-order valence-corrected chi connectivity index (χ0v) is 11.6. The van der Waals surface area contributed by atoms with E-state index in [4.69, 9.17) is 4.74 Å². The second-order valence-electron chi connectivity index (χ2n) is 5.87. The molecule has 0 bridgehead atoms. The maximum absolute atomic E-state index is 13.7. The zero-order valence-electron chi connectivity index (χ0n) is 11.6. The van der Waals surface area contributed by atoms with Gasteiger partial charge in [-0.2, -0.15) is 0 Å². The molecule has 2 fully saturated rings. The minimum absolute atomic E-state index is 0.265. The van der Waals surface area contributed by atoms with Crippen LogP contribution in [0.4, 0.5) is 4.39 Å². The van der Waals surface area contributed by atoms with Crippen LogP contribution in [0.2, 0.25) is 0 Å². The number of ether oxygens (including phenoxy) is 1. The maximum Gasteiger partial charge on any atom is 0.165 e. The monoisotopic (exact) mass is 264 g/mol. The van der Waals surface area contributed by atoms with Gasteiger partial charge in [0.25, 0.3) is 0 Å². The van der Waals surface area contributed by atoms with Gasteiger partial charge >= 0.3 is 0 Å². The molecule has 2 aliphatic heterocycles. The van der Waals surface area contributed by atoms with Crippen LogP contribution in [0.25, 0.3) is 0 Å².